The Labute approximate surface area is 79.0 Å². The summed E-state index contributed by atoms with van der Waals surface area (Å²) in [7, 11) is 0. The van der Waals surface area contributed by atoms with E-state index in [9.17, 15) is 17.3 Å². The third-order valence-corrected chi connectivity index (χ3v) is 2.42. The second kappa shape index (κ2) is 3.00. The van der Waals surface area contributed by atoms with Gasteiger partial charge in [-0.05, 0) is 24.3 Å². The Balaban J connectivity index is 2.35. The average molecular weight is 203 g/mol. The molecule has 0 amide bonds. The topological polar surface area (TPSA) is 0 Å². The smallest absolute Gasteiger partial charge is 0.445 e. The molecule has 0 aromatic heterocycles. The summed E-state index contributed by atoms with van der Waals surface area (Å²) < 4.78 is 49.8. The van der Waals surface area contributed by atoms with Crippen LogP contribution in [0.1, 0.15) is 24.3 Å². The van der Waals surface area contributed by atoms with Crippen molar-refractivity contribution in [2.24, 2.45) is 0 Å². The Morgan fingerprint density at radius 2 is 1.79 bits per heavy atom. The minimum Gasteiger partial charge on any atom is -0.445 e. The van der Waals surface area contributed by atoms with Crippen LogP contribution in [0.5, 0.6) is 0 Å². The number of hydrogen-bond donors (Lipinski definition) is 0. The van der Waals surface area contributed by atoms with Crippen molar-refractivity contribution < 1.29 is 17.3 Å². The molecule has 0 heterocycles. The zero-order chi connectivity index (χ0) is 10.3. The predicted octanol–water partition coefficient (Wildman–Crippen LogP) is 2.76. The first kappa shape index (κ1) is 9.56. The van der Waals surface area contributed by atoms with Crippen molar-refractivity contribution in [2.45, 2.75) is 18.8 Å². The van der Waals surface area contributed by atoms with Crippen LogP contribution < -0.4 is 5.46 Å². The van der Waals surface area contributed by atoms with Crippen LogP contribution >= 0.6 is 0 Å². The highest BCUT2D eigenvalue weighted by Crippen LogP contribution is 2.40. The van der Waals surface area contributed by atoms with Gasteiger partial charge in [0.2, 0.25) is 0 Å². The van der Waals surface area contributed by atoms with Crippen molar-refractivity contribution in [2.75, 3.05) is 0 Å². The van der Waals surface area contributed by atoms with Gasteiger partial charge in [-0.3, -0.25) is 0 Å². The van der Waals surface area contributed by atoms with Gasteiger partial charge in [-0.25, -0.2) is 4.39 Å². The van der Waals surface area contributed by atoms with E-state index in [1.165, 1.54) is 6.07 Å². The number of benzene rings is 1. The summed E-state index contributed by atoms with van der Waals surface area (Å²) in [5.41, 5.74) is -0.430. The van der Waals surface area contributed by atoms with E-state index >= 15 is 0 Å². The molecular weight excluding hydrogens is 195 g/mol. The van der Waals surface area contributed by atoms with Crippen molar-refractivity contribution in [1.82, 2.24) is 0 Å². The number of hydrogen-bond acceptors (Lipinski definition) is 0. The highest BCUT2D eigenvalue weighted by molar-refractivity contribution is 6.73. The molecule has 1 saturated carbocycles. The SMILES string of the molecule is Fc1cc([B-](F)(F)F)ccc1C1CC1. The molecule has 0 atom stereocenters. The standard InChI is InChI=1S/C9H8BF4/c11-9-5-7(10(12,13)14)3-4-8(9)6-1-2-6/h3-6H,1-2H2/q-1. The molecule has 1 aliphatic carbocycles. The predicted molar refractivity (Wildman–Crippen MR) is 47.1 cm³/mol. The van der Waals surface area contributed by atoms with Crippen LogP contribution in [0.3, 0.4) is 0 Å². The van der Waals surface area contributed by atoms with Crippen molar-refractivity contribution in [3.05, 3.63) is 29.6 Å². The normalized spacial score (nSPS) is 17.1. The second-order valence-electron chi connectivity index (χ2n) is 3.63. The molecule has 2 rings (SSSR count). The van der Waals surface area contributed by atoms with Gasteiger partial charge in [0.05, 0.1) is 0 Å². The van der Waals surface area contributed by atoms with E-state index in [-0.39, 0.29) is 5.92 Å². The lowest BCUT2D eigenvalue weighted by atomic mass is 9.79. The summed E-state index contributed by atoms with van der Waals surface area (Å²) in [6.45, 7) is -5.08. The van der Waals surface area contributed by atoms with Gasteiger partial charge in [-0.15, -0.1) is 5.46 Å². The Kier molecular flexibility index (Phi) is 2.05. The summed E-state index contributed by atoms with van der Waals surface area (Å²) in [5.74, 6) is -0.575. The first-order valence-corrected chi connectivity index (χ1v) is 4.48. The molecule has 0 N–H and O–H groups in total. The highest BCUT2D eigenvalue weighted by Gasteiger charge is 2.30. The van der Waals surface area contributed by atoms with E-state index in [1.54, 1.807) is 0 Å². The summed E-state index contributed by atoms with van der Waals surface area (Å²) in [4.78, 5) is 0. The zero-order valence-corrected chi connectivity index (χ0v) is 7.31. The Morgan fingerprint density at radius 3 is 2.21 bits per heavy atom. The fourth-order valence-electron chi connectivity index (χ4n) is 1.47. The Morgan fingerprint density at radius 1 is 1.14 bits per heavy atom. The Hall–Kier alpha value is -0.995. The van der Waals surface area contributed by atoms with E-state index in [0.717, 1.165) is 18.9 Å². The van der Waals surface area contributed by atoms with E-state index in [4.69, 9.17) is 0 Å². The summed E-state index contributed by atoms with van der Waals surface area (Å²) in [6.07, 6.45) is 1.76. The lowest BCUT2D eigenvalue weighted by Gasteiger charge is -2.15. The molecule has 0 spiro atoms. The maximum absolute atomic E-state index is 13.2. The van der Waals surface area contributed by atoms with Gasteiger partial charge < -0.3 is 12.9 Å². The number of halogens is 4. The molecule has 1 aromatic rings. The molecule has 76 valence electrons. The molecule has 0 bridgehead atoms. The maximum atomic E-state index is 13.2. The summed E-state index contributed by atoms with van der Waals surface area (Å²) in [5, 5.41) is 0. The van der Waals surface area contributed by atoms with Crippen LogP contribution in [0, 0.1) is 5.82 Å². The van der Waals surface area contributed by atoms with Crippen molar-refractivity contribution in [3.8, 4) is 0 Å². The van der Waals surface area contributed by atoms with Gasteiger partial charge in [0.25, 0.3) is 0 Å². The summed E-state index contributed by atoms with van der Waals surface area (Å²) in [6, 6.07) is 2.84. The second-order valence-corrected chi connectivity index (χ2v) is 3.63. The largest absolute Gasteiger partial charge is 0.509 e. The van der Waals surface area contributed by atoms with E-state index < -0.39 is 18.3 Å². The average Bonchev–Trinajstić information content (AvgIpc) is 2.85. The summed E-state index contributed by atoms with van der Waals surface area (Å²) >= 11 is 0. The minimum absolute atomic E-state index is 0.143. The highest BCUT2D eigenvalue weighted by atomic mass is 19.4. The van der Waals surface area contributed by atoms with Crippen LogP contribution in [0.25, 0.3) is 0 Å². The van der Waals surface area contributed by atoms with Crippen molar-refractivity contribution in [1.29, 1.82) is 0 Å². The Bertz CT molecular complexity index is 354. The van der Waals surface area contributed by atoms with Gasteiger partial charge in [-0.1, -0.05) is 18.2 Å². The molecule has 0 saturated heterocycles. The van der Waals surface area contributed by atoms with Crippen LogP contribution in [-0.4, -0.2) is 6.98 Å². The first-order valence-electron chi connectivity index (χ1n) is 4.48. The third-order valence-electron chi connectivity index (χ3n) is 2.42. The molecule has 0 nitrogen and oxygen atoms in total. The van der Waals surface area contributed by atoms with Crippen LogP contribution in [0.2, 0.25) is 0 Å². The van der Waals surface area contributed by atoms with E-state index in [2.05, 4.69) is 0 Å². The molecule has 0 aliphatic heterocycles. The molecule has 5 heteroatoms. The fourth-order valence-corrected chi connectivity index (χ4v) is 1.47. The molecule has 0 radical (unpaired) electrons. The number of rotatable bonds is 2. The van der Waals surface area contributed by atoms with E-state index in [0.29, 0.717) is 11.6 Å². The molecule has 14 heavy (non-hydrogen) atoms. The van der Waals surface area contributed by atoms with Gasteiger partial charge in [0.15, 0.2) is 0 Å². The molecule has 1 fully saturated rings. The molecule has 0 unspecified atom stereocenters. The monoisotopic (exact) mass is 203 g/mol. The lowest BCUT2D eigenvalue weighted by Crippen LogP contribution is -2.34. The molecule has 1 aliphatic rings. The van der Waals surface area contributed by atoms with Gasteiger partial charge in [0, 0.05) is 0 Å². The fraction of sp³-hybridized carbons (Fsp3) is 0.333. The van der Waals surface area contributed by atoms with Crippen LogP contribution in [0.15, 0.2) is 18.2 Å². The maximum Gasteiger partial charge on any atom is 0.509 e. The minimum atomic E-state index is -5.08. The van der Waals surface area contributed by atoms with Gasteiger partial charge in [-0.2, -0.15) is 0 Å². The molecular formula is C9H8BF4-. The van der Waals surface area contributed by atoms with Crippen molar-refractivity contribution >= 4 is 12.4 Å². The van der Waals surface area contributed by atoms with Gasteiger partial charge in [0.1, 0.15) is 5.82 Å². The van der Waals surface area contributed by atoms with Crippen LogP contribution in [-0.2, 0) is 0 Å². The van der Waals surface area contributed by atoms with E-state index in [1.807, 2.05) is 0 Å². The lowest BCUT2D eigenvalue weighted by molar-refractivity contribution is 0.499. The quantitative estimate of drug-likeness (QED) is 0.512. The molecule has 1 aromatic carbocycles. The third kappa shape index (κ3) is 1.76. The first-order chi connectivity index (χ1) is 6.48. The van der Waals surface area contributed by atoms with Gasteiger partial charge >= 0.3 is 6.98 Å². The van der Waals surface area contributed by atoms with Crippen molar-refractivity contribution in [3.63, 3.8) is 0 Å². The zero-order valence-electron chi connectivity index (χ0n) is 7.31. The van der Waals surface area contributed by atoms with Crippen LogP contribution in [0.4, 0.5) is 17.3 Å².